The molecule has 0 spiro atoms. The van der Waals surface area contributed by atoms with Gasteiger partial charge in [0.2, 0.25) is 5.88 Å². The van der Waals surface area contributed by atoms with Crippen LogP contribution in [0.15, 0.2) is 41.7 Å². The van der Waals surface area contributed by atoms with E-state index in [1.807, 2.05) is 24.5 Å². The van der Waals surface area contributed by atoms with Crippen molar-refractivity contribution in [1.29, 1.82) is 0 Å². The van der Waals surface area contributed by atoms with Crippen LogP contribution in [-0.4, -0.2) is 21.3 Å². The van der Waals surface area contributed by atoms with E-state index in [1.165, 1.54) is 18.1 Å². The first-order valence-corrected chi connectivity index (χ1v) is 6.28. The van der Waals surface area contributed by atoms with Crippen LogP contribution in [0.5, 0.6) is 11.6 Å². The minimum atomic E-state index is -0.00294. The summed E-state index contributed by atoms with van der Waals surface area (Å²) in [7, 11) is 0. The minimum absolute atomic E-state index is 0.00294. The Morgan fingerprint density at radius 3 is 2.94 bits per heavy atom. The molecule has 0 radical (unpaired) electrons. The summed E-state index contributed by atoms with van der Waals surface area (Å²) in [5, 5.41) is 9.88. The molecule has 5 heteroatoms. The van der Waals surface area contributed by atoms with Gasteiger partial charge in [0.1, 0.15) is 17.1 Å². The molecule has 17 heavy (non-hydrogen) atoms. The van der Waals surface area contributed by atoms with E-state index in [0.717, 1.165) is 10.6 Å². The molecule has 4 nitrogen and oxygen atoms in total. The lowest BCUT2D eigenvalue weighted by Crippen LogP contribution is -1.91. The number of aliphatic hydroxyl groups excluding tert-OH is 1. The van der Waals surface area contributed by atoms with Crippen molar-refractivity contribution in [2.75, 3.05) is 6.26 Å². The maximum Gasteiger partial charge on any atom is 0.223 e. The number of nitrogens with zero attached hydrogens (tertiary/aromatic N) is 2. The van der Waals surface area contributed by atoms with E-state index in [4.69, 9.17) is 9.84 Å². The first-order chi connectivity index (χ1) is 8.31. The van der Waals surface area contributed by atoms with E-state index in [2.05, 4.69) is 9.97 Å². The molecule has 0 bridgehead atoms. The molecular weight excluding hydrogens is 236 g/mol. The second-order valence-corrected chi connectivity index (χ2v) is 4.13. The number of aromatic nitrogens is 2. The Balaban J connectivity index is 2.18. The van der Waals surface area contributed by atoms with Crippen LogP contribution < -0.4 is 4.74 Å². The Morgan fingerprint density at radius 2 is 2.18 bits per heavy atom. The van der Waals surface area contributed by atoms with Crippen molar-refractivity contribution in [2.45, 2.75) is 11.6 Å². The lowest BCUT2D eigenvalue weighted by atomic mass is 10.2. The van der Waals surface area contributed by atoms with Gasteiger partial charge >= 0.3 is 0 Å². The van der Waals surface area contributed by atoms with Gasteiger partial charge in [-0.1, -0.05) is 12.1 Å². The Labute approximate surface area is 104 Å². The molecular formula is C12H12N2O2S. The quantitative estimate of drug-likeness (QED) is 0.665. The normalized spacial score (nSPS) is 10.2. The molecule has 0 saturated heterocycles. The number of ether oxygens (including phenoxy) is 1. The highest BCUT2D eigenvalue weighted by Gasteiger charge is 2.01. The van der Waals surface area contributed by atoms with Crippen molar-refractivity contribution in [3.05, 3.63) is 42.2 Å². The molecule has 0 aliphatic carbocycles. The standard InChI is InChI=1S/C12H12N2O2S/c1-17-12-6-11(13-8-14-12)16-10-4-2-3-9(5-10)7-15/h2-6,8,15H,7H2,1H3. The van der Waals surface area contributed by atoms with Crippen molar-refractivity contribution in [3.63, 3.8) is 0 Å². The van der Waals surface area contributed by atoms with Gasteiger partial charge in [-0.3, -0.25) is 0 Å². The minimum Gasteiger partial charge on any atom is -0.439 e. The van der Waals surface area contributed by atoms with Gasteiger partial charge in [0.25, 0.3) is 0 Å². The third-order valence-corrected chi connectivity index (χ3v) is 2.77. The van der Waals surface area contributed by atoms with Gasteiger partial charge in [-0.15, -0.1) is 11.8 Å². The van der Waals surface area contributed by atoms with Gasteiger partial charge in [0.15, 0.2) is 0 Å². The summed E-state index contributed by atoms with van der Waals surface area (Å²) < 4.78 is 5.59. The summed E-state index contributed by atoms with van der Waals surface area (Å²) in [6, 6.07) is 9.04. The van der Waals surface area contributed by atoms with Gasteiger partial charge in [-0.25, -0.2) is 9.97 Å². The second-order valence-electron chi connectivity index (χ2n) is 3.31. The Hall–Kier alpha value is -1.59. The number of hydrogen-bond acceptors (Lipinski definition) is 5. The molecule has 0 atom stereocenters. The highest BCUT2D eigenvalue weighted by Crippen LogP contribution is 2.22. The summed E-state index contributed by atoms with van der Waals surface area (Å²) in [6.45, 7) is -0.00294. The van der Waals surface area contributed by atoms with E-state index in [9.17, 15) is 0 Å². The highest BCUT2D eigenvalue weighted by atomic mass is 32.2. The van der Waals surface area contributed by atoms with Gasteiger partial charge in [-0.05, 0) is 24.0 Å². The molecule has 1 aromatic carbocycles. The van der Waals surface area contributed by atoms with Crippen LogP contribution in [0.2, 0.25) is 0 Å². The van der Waals surface area contributed by atoms with Crippen molar-refractivity contribution in [1.82, 2.24) is 9.97 Å². The Kier molecular flexibility index (Phi) is 3.95. The van der Waals surface area contributed by atoms with E-state index < -0.39 is 0 Å². The lowest BCUT2D eigenvalue weighted by molar-refractivity contribution is 0.281. The molecule has 2 rings (SSSR count). The third-order valence-electron chi connectivity index (χ3n) is 2.13. The van der Waals surface area contributed by atoms with E-state index >= 15 is 0 Å². The van der Waals surface area contributed by atoms with Crippen molar-refractivity contribution in [2.24, 2.45) is 0 Å². The van der Waals surface area contributed by atoms with Crippen LogP contribution in [0.3, 0.4) is 0 Å². The zero-order chi connectivity index (χ0) is 12.1. The predicted molar refractivity (Wildman–Crippen MR) is 66.3 cm³/mol. The topological polar surface area (TPSA) is 55.2 Å². The molecule has 2 aromatic rings. The van der Waals surface area contributed by atoms with Gasteiger partial charge in [0.05, 0.1) is 6.61 Å². The fourth-order valence-electron chi connectivity index (χ4n) is 1.32. The summed E-state index contributed by atoms with van der Waals surface area (Å²) in [5.41, 5.74) is 0.807. The summed E-state index contributed by atoms with van der Waals surface area (Å²) in [5.74, 6) is 1.15. The summed E-state index contributed by atoms with van der Waals surface area (Å²) in [6.07, 6.45) is 3.41. The number of aliphatic hydroxyl groups is 1. The third kappa shape index (κ3) is 3.18. The molecule has 0 aliphatic rings. The van der Waals surface area contributed by atoms with E-state index in [1.54, 1.807) is 12.1 Å². The molecule has 0 saturated carbocycles. The largest absolute Gasteiger partial charge is 0.439 e. The fraction of sp³-hybridized carbons (Fsp3) is 0.167. The Morgan fingerprint density at radius 1 is 1.29 bits per heavy atom. The molecule has 1 N–H and O–H groups in total. The van der Waals surface area contributed by atoms with Crippen LogP contribution in [0, 0.1) is 0 Å². The molecule has 0 fully saturated rings. The van der Waals surface area contributed by atoms with Gasteiger partial charge < -0.3 is 9.84 Å². The van der Waals surface area contributed by atoms with Crippen LogP contribution in [0.25, 0.3) is 0 Å². The fourth-order valence-corrected chi connectivity index (χ4v) is 1.69. The average Bonchev–Trinajstić information content (AvgIpc) is 2.39. The van der Waals surface area contributed by atoms with Gasteiger partial charge in [-0.2, -0.15) is 0 Å². The number of rotatable bonds is 4. The number of thioether (sulfide) groups is 1. The molecule has 1 aromatic heterocycles. The smallest absolute Gasteiger partial charge is 0.223 e. The zero-order valence-corrected chi connectivity index (χ0v) is 10.1. The SMILES string of the molecule is CSc1cc(Oc2cccc(CO)c2)ncn1. The summed E-state index contributed by atoms with van der Waals surface area (Å²) >= 11 is 1.53. The maximum atomic E-state index is 9.03. The van der Waals surface area contributed by atoms with Crippen LogP contribution in [0.1, 0.15) is 5.56 Å². The van der Waals surface area contributed by atoms with Gasteiger partial charge in [0, 0.05) is 6.07 Å². The predicted octanol–water partition coefficient (Wildman–Crippen LogP) is 2.48. The molecule has 0 unspecified atom stereocenters. The maximum absolute atomic E-state index is 9.03. The number of hydrogen-bond donors (Lipinski definition) is 1. The Bertz CT molecular complexity index is 460. The lowest BCUT2D eigenvalue weighted by Gasteiger charge is -2.06. The molecule has 88 valence electrons. The van der Waals surface area contributed by atoms with E-state index in [-0.39, 0.29) is 6.61 Å². The van der Waals surface area contributed by atoms with Crippen molar-refractivity contribution < 1.29 is 9.84 Å². The van der Waals surface area contributed by atoms with Crippen LogP contribution in [-0.2, 0) is 6.61 Å². The monoisotopic (exact) mass is 248 g/mol. The molecule has 0 aliphatic heterocycles. The molecule has 0 amide bonds. The average molecular weight is 248 g/mol. The van der Waals surface area contributed by atoms with Crippen LogP contribution in [0.4, 0.5) is 0 Å². The second kappa shape index (κ2) is 5.65. The summed E-state index contributed by atoms with van der Waals surface area (Å²) in [4.78, 5) is 8.09. The van der Waals surface area contributed by atoms with Crippen LogP contribution >= 0.6 is 11.8 Å². The highest BCUT2D eigenvalue weighted by molar-refractivity contribution is 7.98. The first-order valence-electron chi connectivity index (χ1n) is 5.05. The molecule has 1 heterocycles. The van der Waals surface area contributed by atoms with Crippen molar-refractivity contribution >= 4 is 11.8 Å². The van der Waals surface area contributed by atoms with Crippen molar-refractivity contribution in [3.8, 4) is 11.6 Å². The number of benzene rings is 1. The first kappa shape index (κ1) is 11.9. The van der Waals surface area contributed by atoms with E-state index in [0.29, 0.717) is 11.6 Å². The zero-order valence-electron chi connectivity index (χ0n) is 9.33.